The van der Waals surface area contributed by atoms with Crippen LogP contribution in [0, 0.1) is 6.92 Å². The minimum Gasteiger partial charge on any atom is -0.481 e. The normalized spacial score (nSPS) is 12.4. The smallest absolute Gasteiger partial charge is 0.309 e. The van der Waals surface area contributed by atoms with Gasteiger partial charge in [-0.1, -0.05) is 6.92 Å². The quantitative estimate of drug-likeness (QED) is 0.701. The fourth-order valence-electron chi connectivity index (χ4n) is 1.25. The van der Waals surface area contributed by atoms with E-state index in [1.807, 2.05) is 13.8 Å². The number of anilines is 1. The van der Waals surface area contributed by atoms with E-state index >= 15 is 0 Å². The van der Waals surface area contributed by atoms with Gasteiger partial charge in [-0.15, -0.1) is 11.3 Å². The van der Waals surface area contributed by atoms with Gasteiger partial charge in [-0.2, -0.15) is 0 Å². The van der Waals surface area contributed by atoms with Crippen LogP contribution in [-0.2, 0) is 11.2 Å². The van der Waals surface area contributed by atoms with Crippen LogP contribution in [0.5, 0.6) is 0 Å². The number of carbonyl (C=O) groups is 1. The van der Waals surface area contributed by atoms with Gasteiger partial charge in [0.2, 0.25) is 0 Å². The number of aryl methyl sites for hydroxylation is 1. The maximum atomic E-state index is 10.6. The monoisotopic (exact) mass is 244 g/mol. The van der Waals surface area contributed by atoms with Crippen LogP contribution in [0.25, 0.3) is 0 Å². The van der Waals surface area contributed by atoms with Crippen molar-refractivity contribution >= 4 is 22.4 Å². The second-order valence-electron chi connectivity index (χ2n) is 3.52. The van der Waals surface area contributed by atoms with Gasteiger partial charge in [0, 0.05) is 4.88 Å². The second-order valence-corrected chi connectivity index (χ2v) is 4.73. The number of hydrogen-bond donors (Lipinski definition) is 3. The molecule has 1 aromatic heterocycles. The maximum absolute atomic E-state index is 10.6. The molecule has 0 aromatic carbocycles. The molecule has 1 unspecified atom stereocenters. The predicted octanol–water partition coefficient (Wildman–Crippen LogP) is 1.26. The molecule has 0 radical (unpaired) electrons. The summed E-state index contributed by atoms with van der Waals surface area (Å²) in [5.41, 5.74) is 0.591. The number of aliphatic hydroxyl groups is 1. The van der Waals surface area contributed by atoms with Gasteiger partial charge in [0.05, 0.1) is 24.8 Å². The van der Waals surface area contributed by atoms with Crippen molar-refractivity contribution in [3.8, 4) is 0 Å². The summed E-state index contributed by atoms with van der Waals surface area (Å²) < 4.78 is 0. The lowest BCUT2D eigenvalue weighted by molar-refractivity contribution is -0.136. The molecule has 0 aliphatic carbocycles. The van der Waals surface area contributed by atoms with Gasteiger partial charge < -0.3 is 15.5 Å². The standard InChI is InChI=1S/C10H16N2O3S/c1-3-7(5-13)11-10-12-8(4-9(14)15)6(2)16-10/h7,13H,3-5H2,1-2H3,(H,11,12)(H,14,15). The summed E-state index contributed by atoms with van der Waals surface area (Å²) in [6.07, 6.45) is 0.739. The average Bonchev–Trinajstić information content (AvgIpc) is 2.55. The molecule has 0 fully saturated rings. The number of nitrogens with zero attached hydrogens (tertiary/aromatic N) is 1. The highest BCUT2D eigenvalue weighted by molar-refractivity contribution is 7.15. The van der Waals surface area contributed by atoms with E-state index in [1.165, 1.54) is 11.3 Å². The molecule has 90 valence electrons. The van der Waals surface area contributed by atoms with Gasteiger partial charge in [-0.05, 0) is 13.3 Å². The Morgan fingerprint density at radius 2 is 2.31 bits per heavy atom. The minimum absolute atomic E-state index is 0.0248. The Kier molecular flexibility index (Phi) is 4.70. The van der Waals surface area contributed by atoms with Crippen molar-refractivity contribution in [2.75, 3.05) is 11.9 Å². The number of carboxylic acid groups (broad SMARTS) is 1. The summed E-state index contributed by atoms with van der Waals surface area (Å²) in [7, 11) is 0. The Morgan fingerprint density at radius 3 is 2.81 bits per heavy atom. The first-order valence-corrected chi connectivity index (χ1v) is 5.94. The zero-order chi connectivity index (χ0) is 12.1. The van der Waals surface area contributed by atoms with Gasteiger partial charge >= 0.3 is 5.97 Å². The van der Waals surface area contributed by atoms with Crippen molar-refractivity contribution in [2.45, 2.75) is 32.7 Å². The molecule has 0 saturated heterocycles. The van der Waals surface area contributed by atoms with Crippen LogP contribution in [0.2, 0.25) is 0 Å². The maximum Gasteiger partial charge on any atom is 0.309 e. The van der Waals surface area contributed by atoms with E-state index < -0.39 is 5.97 Å². The van der Waals surface area contributed by atoms with E-state index in [-0.39, 0.29) is 19.1 Å². The zero-order valence-electron chi connectivity index (χ0n) is 9.36. The lowest BCUT2D eigenvalue weighted by atomic mass is 10.2. The Morgan fingerprint density at radius 1 is 1.62 bits per heavy atom. The van der Waals surface area contributed by atoms with Crippen molar-refractivity contribution in [3.05, 3.63) is 10.6 Å². The Labute approximate surface area is 98.1 Å². The third-order valence-electron chi connectivity index (χ3n) is 2.25. The molecule has 0 aliphatic heterocycles. The minimum atomic E-state index is -0.880. The van der Waals surface area contributed by atoms with E-state index in [0.29, 0.717) is 10.8 Å². The van der Waals surface area contributed by atoms with Crippen LogP contribution < -0.4 is 5.32 Å². The highest BCUT2D eigenvalue weighted by Gasteiger charge is 2.13. The zero-order valence-corrected chi connectivity index (χ0v) is 10.2. The summed E-state index contributed by atoms with van der Waals surface area (Å²) in [5.74, 6) is -0.880. The molecule has 1 atom stereocenters. The number of rotatable bonds is 6. The molecule has 6 heteroatoms. The van der Waals surface area contributed by atoms with Crippen LogP contribution in [-0.4, -0.2) is 33.8 Å². The number of carboxylic acids is 1. The van der Waals surface area contributed by atoms with E-state index in [4.69, 9.17) is 10.2 Å². The summed E-state index contributed by atoms with van der Waals surface area (Å²) in [6.45, 7) is 3.86. The molecule has 0 spiro atoms. The Hall–Kier alpha value is -1.14. The van der Waals surface area contributed by atoms with Gasteiger partial charge in [0.25, 0.3) is 0 Å². The van der Waals surface area contributed by atoms with Gasteiger partial charge in [0.15, 0.2) is 5.13 Å². The highest BCUT2D eigenvalue weighted by Crippen LogP contribution is 2.23. The molecule has 0 aliphatic rings. The van der Waals surface area contributed by atoms with Gasteiger partial charge in [-0.3, -0.25) is 4.79 Å². The number of aliphatic carboxylic acids is 1. The van der Waals surface area contributed by atoms with Crippen molar-refractivity contribution in [1.29, 1.82) is 0 Å². The van der Waals surface area contributed by atoms with E-state index in [0.717, 1.165) is 11.3 Å². The fourth-order valence-corrected chi connectivity index (χ4v) is 2.16. The summed E-state index contributed by atoms with van der Waals surface area (Å²) >= 11 is 1.42. The van der Waals surface area contributed by atoms with Crippen LogP contribution in [0.1, 0.15) is 23.9 Å². The lowest BCUT2D eigenvalue weighted by Crippen LogP contribution is -2.22. The lowest BCUT2D eigenvalue weighted by Gasteiger charge is -2.11. The Bertz CT molecular complexity index is 361. The van der Waals surface area contributed by atoms with Gasteiger partial charge in [0.1, 0.15) is 0 Å². The fraction of sp³-hybridized carbons (Fsp3) is 0.600. The molecule has 3 N–H and O–H groups in total. The molecule has 0 amide bonds. The number of aliphatic hydroxyl groups excluding tert-OH is 1. The largest absolute Gasteiger partial charge is 0.481 e. The number of thiazole rings is 1. The van der Waals surface area contributed by atoms with Crippen LogP contribution >= 0.6 is 11.3 Å². The molecular formula is C10H16N2O3S. The van der Waals surface area contributed by atoms with Crippen molar-refractivity contribution in [2.24, 2.45) is 0 Å². The molecule has 0 saturated carbocycles. The number of nitrogens with one attached hydrogen (secondary N) is 1. The average molecular weight is 244 g/mol. The molecule has 1 aromatic rings. The summed E-state index contributed by atoms with van der Waals surface area (Å²) in [5, 5.41) is 21.5. The number of hydrogen-bond acceptors (Lipinski definition) is 5. The molecule has 16 heavy (non-hydrogen) atoms. The van der Waals surface area contributed by atoms with Crippen molar-refractivity contribution in [3.63, 3.8) is 0 Å². The van der Waals surface area contributed by atoms with E-state index in [2.05, 4.69) is 10.3 Å². The second kappa shape index (κ2) is 5.81. The molecule has 1 rings (SSSR count). The van der Waals surface area contributed by atoms with Crippen LogP contribution in [0.3, 0.4) is 0 Å². The molecule has 1 heterocycles. The Balaban J connectivity index is 2.72. The summed E-state index contributed by atoms with van der Waals surface area (Å²) in [4.78, 5) is 15.7. The first-order valence-electron chi connectivity index (χ1n) is 5.12. The predicted molar refractivity (Wildman–Crippen MR) is 63.0 cm³/mol. The van der Waals surface area contributed by atoms with E-state index in [9.17, 15) is 4.79 Å². The molecule has 5 nitrogen and oxygen atoms in total. The van der Waals surface area contributed by atoms with Crippen molar-refractivity contribution < 1.29 is 15.0 Å². The SMILES string of the molecule is CCC(CO)Nc1nc(CC(=O)O)c(C)s1. The van der Waals surface area contributed by atoms with E-state index in [1.54, 1.807) is 0 Å². The third kappa shape index (κ3) is 3.46. The van der Waals surface area contributed by atoms with Crippen LogP contribution in [0.4, 0.5) is 5.13 Å². The first-order chi connectivity index (χ1) is 7.56. The third-order valence-corrected chi connectivity index (χ3v) is 3.20. The summed E-state index contributed by atoms with van der Waals surface area (Å²) in [6, 6.07) is -0.0248. The molecular weight excluding hydrogens is 228 g/mol. The number of aromatic nitrogens is 1. The topological polar surface area (TPSA) is 82.5 Å². The highest BCUT2D eigenvalue weighted by atomic mass is 32.1. The van der Waals surface area contributed by atoms with Crippen molar-refractivity contribution in [1.82, 2.24) is 4.98 Å². The van der Waals surface area contributed by atoms with Crippen LogP contribution in [0.15, 0.2) is 0 Å². The molecule has 0 bridgehead atoms. The van der Waals surface area contributed by atoms with Gasteiger partial charge in [-0.25, -0.2) is 4.98 Å². The first kappa shape index (κ1) is 12.9.